The van der Waals surface area contributed by atoms with Crippen LogP contribution in [0.2, 0.25) is 0 Å². The van der Waals surface area contributed by atoms with E-state index in [0.29, 0.717) is 0 Å². The SMILES string of the molecule is CC(C)(C)N1C(=O)NC(C)(O)C(Cl)(Cl)C1=O. The van der Waals surface area contributed by atoms with Crippen LogP contribution in [0.4, 0.5) is 4.79 Å². The van der Waals surface area contributed by atoms with E-state index in [-0.39, 0.29) is 0 Å². The van der Waals surface area contributed by atoms with E-state index in [9.17, 15) is 14.7 Å². The van der Waals surface area contributed by atoms with E-state index in [1.54, 1.807) is 20.8 Å². The van der Waals surface area contributed by atoms with Crippen molar-refractivity contribution in [2.24, 2.45) is 0 Å². The first kappa shape index (κ1) is 13.5. The van der Waals surface area contributed by atoms with Gasteiger partial charge in [0.25, 0.3) is 5.91 Å². The number of rotatable bonds is 0. The molecule has 0 bridgehead atoms. The van der Waals surface area contributed by atoms with E-state index in [1.165, 1.54) is 6.92 Å². The van der Waals surface area contributed by atoms with Gasteiger partial charge in [0.05, 0.1) is 0 Å². The molecule has 1 aliphatic heterocycles. The Bertz CT molecular complexity index is 347. The summed E-state index contributed by atoms with van der Waals surface area (Å²) in [6.07, 6.45) is 0. The van der Waals surface area contributed by atoms with Gasteiger partial charge in [-0.2, -0.15) is 0 Å². The first-order valence-corrected chi connectivity index (χ1v) is 5.44. The van der Waals surface area contributed by atoms with Gasteiger partial charge in [-0.3, -0.25) is 9.69 Å². The second-order valence-electron chi connectivity index (χ2n) is 4.89. The van der Waals surface area contributed by atoms with Crippen LogP contribution in [0, 0.1) is 0 Å². The fourth-order valence-corrected chi connectivity index (χ4v) is 1.66. The molecule has 92 valence electrons. The quantitative estimate of drug-likeness (QED) is 0.649. The van der Waals surface area contributed by atoms with Crippen LogP contribution < -0.4 is 5.32 Å². The zero-order valence-corrected chi connectivity index (χ0v) is 11.0. The number of alkyl halides is 2. The Kier molecular flexibility index (Phi) is 2.95. The Labute approximate surface area is 104 Å². The molecule has 0 radical (unpaired) electrons. The van der Waals surface area contributed by atoms with Crippen LogP contribution in [-0.2, 0) is 4.79 Å². The molecule has 0 aliphatic carbocycles. The van der Waals surface area contributed by atoms with Crippen molar-refractivity contribution in [1.29, 1.82) is 0 Å². The average molecular weight is 269 g/mol. The zero-order chi connectivity index (χ0) is 12.9. The minimum absolute atomic E-state index is 0.723. The lowest BCUT2D eigenvalue weighted by Gasteiger charge is -2.47. The molecule has 0 aromatic carbocycles. The number of aliphatic hydroxyl groups is 1. The lowest BCUT2D eigenvalue weighted by Crippen LogP contribution is -2.74. The number of nitrogens with one attached hydrogen (secondary N) is 1. The Balaban J connectivity index is 3.22. The second kappa shape index (κ2) is 3.48. The van der Waals surface area contributed by atoms with Crippen molar-refractivity contribution in [3.05, 3.63) is 0 Å². The summed E-state index contributed by atoms with van der Waals surface area (Å²) in [4.78, 5) is 24.5. The highest BCUT2D eigenvalue weighted by atomic mass is 35.5. The summed E-state index contributed by atoms with van der Waals surface area (Å²) in [6.45, 7) is 6.15. The Morgan fingerprint density at radius 2 is 1.75 bits per heavy atom. The van der Waals surface area contributed by atoms with Gasteiger partial charge < -0.3 is 10.4 Å². The number of carbonyl (C=O) groups is 2. The lowest BCUT2D eigenvalue weighted by molar-refractivity contribution is -0.143. The molecule has 16 heavy (non-hydrogen) atoms. The van der Waals surface area contributed by atoms with Gasteiger partial charge in [0.1, 0.15) is 0 Å². The third-order valence-electron chi connectivity index (χ3n) is 2.31. The zero-order valence-electron chi connectivity index (χ0n) is 9.47. The molecular formula is C9H14Cl2N2O3. The van der Waals surface area contributed by atoms with Crippen molar-refractivity contribution in [2.75, 3.05) is 0 Å². The van der Waals surface area contributed by atoms with Crippen molar-refractivity contribution in [1.82, 2.24) is 10.2 Å². The molecule has 1 heterocycles. The van der Waals surface area contributed by atoms with Crippen LogP contribution in [0.3, 0.4) is 0 Å². The third-order valence-corrected chi connectivity index (χ3v) is 3.37. The van der Waals surface area contributed by atoms with Gasteiger partial charge in [0.15, 0.2) is 5.72 Å². The first-order valence-electron chi connectivity index (χ1n) is 4.68. The first-order chi connectivity index (χ1) is 6.91. The van der Waals surface area contributed by atoms with Crippen LogP contribution in [0.5, 0.6) is 0 Å². The maximum atomic E-state index is 12.0. The Morgan fingerprint density at radius 3 is 2.12 bits per heavy atom. The molecule has 0 aromatic rings. The molecule has 3 amide bonds. The van der Waals surface area contributed by atoms with Crippen molar-refractivity contribution in [3.8, 4) is 0 Å². The number of halogens is 2. The molecule has 0 aromatic heterocycles. The molecular weight excluding hydrogens is 255 g/mol. The number of nitrogens with zero attached hydrogens (tertiary/aromatic N) is 1. The van der Waals surface area contributed by atoms with Gasteiger partial charge in [-0.05, 0) is 27.7 Å². The summed E-state index contributed by atoms with van der Waals surface area (Å²) in [7, 11) is 0. The van der Waals surface area contributed by atoms with Gasteiger partial charge in [0, 0.05) is 5.54 Å². The van der Waals surface area contributed by atoms with E-state index in [0.717, 1.165) is 4.90 Å². The number of imide groups is 1. The normalized spacial score (nSPS) is 30.3. The van der Waals surface area contributed by atoms with Crippen LogP contribution in [0.1, 0.15) is 27.7 Å². The van der Waals surface area contributed by atoms with Crippen molar-refractivity contribution in [3.63, 3.8) is 0 Å². The number of hydrogen-bond acceptors (Lipinski definition) is 3. The average Bonchev–Trinajstić information content (AvgIpc) is 1.97. The third kappa shape index (κ3) is 1.87. The summed E-state index contributed by atoms with van der Waals surface area (Å²) < 4.78 is -2.10. The molecule has 1 saturated heterocycles. The summed E-state index contributed by atoms with van der Waals surface area (Å²) in [5, 5.41) is 12.0. The van der Waals surface area contributed by atoms with E-state index in [2.05, 4.69) is 5.32 Å². The maximum Gasteiger partial charge on any atom is 0.326 e. The fraction of sp³-hybridized carbons (Fsp3) is 0.778. The maximum absolute atomic E-state index is 12.0. The van der Waals surface area contributed by atoms with Gasteiger partial charge in [-0.15, -0.1) is 0 Å². The number of urea groups is 1. The molecule has 1 unspecified atom stereocenters. The minimum atomic E-state index is -2.10. The van der Waals surface area contributed by atoms with Gasteiger partial charge in [0.2, 0.25) is 4.33 Å². The van der Waals surface area contributed by atoms with Crippen LogP contribution in [-0.4, -0.2) is 37.5 Å². The van der Waals surface area contributed by atoms with Crippen LogP contribution >= 0.6 is 23.2 Å². The highest BCUT2D eigenvalue weighted by Crippen LogP contribution is 2.39. The summed E-state index contributed by atoms with van der Waals surface area (Å²) in [6, 6.07) is -0.723. The molecule has 0 spiro atoms. The Morgan fingerprint density at radius 1 is 1.31 bits per heavy atom. The monoisotopic (exact) mass is 268 g/mol. The summed E-state index contributed by atoms with van der Waals surface area (Å²) in [5.74, 6) is -0.836. The van der Waals surface area contributed by atoms with Crippen molar-refractivity contribution in [2.45, 2.75) is 43.3 Å². The fourth-order valence-electron chi connectivity index (χ4n) is 1.39. The topological polar surface area (TPSA) is 69.6 Å². The largest absolute Gasteiger partial charge is 0.368 e. The van der Waals surface area contributed by atoms with Gasteiger partial charge >= 0.3 is 6.03 Å². The molecule has 7 heteroatoms. The van der Waals surface area contributed by atoms with Crippen LogP contribution in [0.25, 0.3) is 0 Å². The van der Waals surface area contributed by atoms with E-state index >= 15 is 0 Å². The molecule has 1 aliphatic rings. The number of carbonyl (C=O) groups excluding carboxylic acids is 2. The molecule has 1 atom stereocenters. The summed E-state index contributed by atoms with van der Waals surface area (Å²) >= 11 is 11.6. The standard InChI is InChI=1S/C9H14Cl2N2O3/c1-7(2,3)13-5(14)9(10,11)8(4,16)12-6(13)15/h16H,1-4H3,(H,12,15). The smallest absolute Gasteiger partial charge is 0.326 e. The molecule has 2 N–H and O–H groups in total. The summed E-state index contributed by atoms with van der Waals surface area (Å²) in [5.41, 5.74) is -2.77. The number of hydrogen-bond donors (Lipinski definition) is 2. The van der Waals surface area contributed by atoms with Gasteiger partial charge in [-0.1, -0.05) is 23.2 Å². The molecule has 5 nitrogen and oxygen atoms in total. The van der Waals surface area contributed by atoms with Crippen LogP contribution in [0.15, 0.2) is 0 Å². The van der Waals surface area contributed by atoms with E-state index in [4.69, 9.17) is 23.2 Å². The Hall–Kier alpha value is -0.520. The van der Waals surface area contributed by atoms with Gasteiger partial charge in [-0.25, -0.2) is 4.79 Å². The van der Waals surface area contributed by atoms with Crippen molar-refractivity contribution < 1.29 is 14.7 Å². The van der Waals surface area contributed by atoms with E-state index < -0.39 is 27.5 Å². The predicted octanol–water partition coefficient (Wildman–Crippen LogP) is 1.22. The number of amides is 3. The molecule has 1 rings (SSSR count). The highest BCUT2D eigenvalue weighted by Gasteiger charge is 2.60. The minimum Gasteiger partial charge on any atom is -0.368 e. The molecule has 0 saturated carbocycles. The highest BCUT2D eigenvalue weighted by molar-refractivity contribution is 6.59. The van der Waals surface area contributed by atoms with E-state index in [1.807, 2.05) is 0 Å². The second-order valence-corrected chi connectivity index (χ2v) is 6.22. The lowest BCUT2D eigenvalue weighted by atomic mass is 10.0. The molecule has 1 fully saturated rings. The van der Waals surface area contributed by atoms with Crippen molar-refractivity contribution >= 4 is 35.1 Å². The predicted molar refractivity (Wildman–Crippen MR) is 60.2 cm³/mol.